The molecule has 1 aliphatic carbocycles. The molecule has 0 radical (unpaired) electrons. The summed E-state index contributed by atoms with van der Waals surface area (Å²) in [5, 5.41) is 3.53. The topological polar surface area (TPSA) is 49.4 Å². The summed E-state index contributed by atoms with van der Waals surface area (Å²) >= 11 is 0. The predicted octanol–water partition coefficient (Wildman–Crippen LogP) is 2.71. The minimum absolute atomic E-state index is 0. The Hall–Kier alpha value is -0.690. The molecule has 1 aromatic rings. The van der Waals surface area contributed by atoms with E-state index in [4.69, 9.17) is 0 Å². The molecule has 1 saturated carbocycles. The zero-order valence-corrected chi connectivity index (χ0v) is 14.9. The average Bonchev–Trinajstić information content (AvgIpc) is 3.32. The summed E-state index contributed by atoms with van der Waals surface area (Å²) in [6.45, 7) is 3.58. The Kier molecular flexibility index (Phi) is 6.05. The summed E-state index contributed by atoms with van der Waals surface area (Å²) in [6, 6.07) is 4.65. The largest absolute Gasteiger partial charge is 0.314 e. The third-order valence-corrected chi connectivity index (χ3v) is 6.72. The van der Waals surface area contributed by atoms with Crippen molar-refractivity contribution in [2.24, 2.45) is 5.92 Å². The molecule has 2 aliphatic rings. The molecule has 1 aliphatic heterocycles. The highest BCUT2D eigenvalue weighted by molar-refractivity contribution is 7.89. The summed E-state index contributed by atoms with van der Waals surface area (Å²) in [4.78, 5) is 0.0943. The molecule has 0 aromatic heterocycles. The highest BCUT2D eigenvalue weighted by atomic mass is 35.5. The van der Waals surface area contributed by atoms with E-state index in [1.807, 2.05) is 0 Å². The van der Waals surface area contributed by atoms with Crippen molar-refractivity contribution in [2.45, 2.75) is 43.5 Å². The van der Waals surface area contributed by atoms with Gasteiger partial charge in [-0.15, -0.1) is 12.4 Å². The summed E-state index contributed by atoms with van der Waals surface area (Å²) in [5.74, 6) is 0.360. The molecule has 0 atom stereocenters. The minimum Gasteiger partial charge on any atom is -0.314 e. The van der Waals surface area contributed by atoms with E-state index in [1.165, 1.54) is 42.3 Å². The predicted molar refractivity (Wildman–Crippen MR) is 90.9 cm³/mol. The van der Waals surface area contributed by atoms with Crippen LogP contribution in [0.1, 0.15) is 31.2 Å². The highest BCUT2D eigenvalue weighted by Crippen LogP contribution is 2.29. The van der Waals surface area contributed by atoms with Crippen LogP contribution >= 0.6 is 12.4 Å². The maximum absolute atomic E-state index is 13.6. The smallest absolute Gasteiger partial charge is 0.243 e. The monoisotopic (exact) mass is 362 g/mol. The van der Waals surface area contributed by atoms with Crippen molar-refractivity contribution in [2.75, 3.05) is 19.6 Å². The van der Waals surface area contributed by atoms with Crippen molar-refractivity contribution in [1.82, 2.24) is 9.62 Å². The van der Waals surface area contributed by atoms with Gasteiger partial charge in [0.15, 0.2) is 0 Å². The minimum atomic E-state index is -3.59. The van der Waals surface area contributed by atoms with Crippen LogP contribution in [0.3, 0.4) is 0 Å². The van der Waals surface area contributed by atoms with E-state index >= 15 is 0 Å². The molecule has 1 N–H and O–H groups in total. The lowest BCUT2D eigenvalue weighted by atomic mass is 10.1. The van der Waals surface area contributed by atoms with Gasteiger partial charge in [-0.1, -0.05) is 6.07 Å². The Morgan fingerprint density at radius 3 is 2.48 bits per heavy atom. The SMILES string of the molecule is Cc1c(F)cccc1S(=O)(=O)N1CCC(NCC2CC2)CC1.Cl. The van der Waals surface area contributed by atoms with Gasteiger partial charge >= 0.3 is 0 Å². The van der Waals surface area contributed by atoms with E-state index in [-0.39, 0.29) is 22.9 Å². The molecule has 0 unspecified atom stereocenters. The molecular formula is C16H24ClFN2O2S. The fourth-order valence-corrected chi connectivity index (χ4v) is 4.67. The number of sulfonamides is 1. The van der Waals surface area contributed by atoms with Crippen molar-refractivity contribution < 1.29 is 12.8 Å². The van der Waals surface area contributed by atoms with Gasteiger partial charge in [-0.2, -0.15) is 4.31 Å². The van der Waals surface area contributed by atoms with Crippen molar-refractivity contribution in [3.8, 4) is 0 Å². The lowest BCUT2D eigenvalue weighted by molar-refractivity contribution is 0.288. The van der Waals surface area contributed by atoms with Crippen molar-refractivity contribution in [3.63, 3.8) is 0 Å². The maximum Gasteiger partial charge on any atom is 0.243 e. The van der Waals surface area contributed by atoms with Crippen LogP contribution in [-0.2, 0) is 10.0 Å². The Morgan fingerprint density at radius 2 is 1.87 bits per heavy atom. The fraction of sp³-hybridized carbons (Fsp3) is 0.625. The molecule has 130 valence electrons. The van der Waals surface area contributed by atoms with Gasteiger partial charge in [-0.25, -0.2) is 12.8 Å². The molecule has 0 amide bonds. The van der Waals surface area contributed by atoms with Gasteiger partial charge in [0, 0.05) is 24.7 Å². The first kappa shape index (κ1) is 18.6. The average molecular weight is 363 g/mol. The van der Waals surface area contributed by atoms with Gasteiger partial charge in [0.1, 0.15) is 5.82 Å². The number of halogens is 2. The summed E-state index contributed by atoms with van der Waals surface area (Å²) in [7, 11) is -3.59. The quantitative estimate of drug-likeness (QED) is 0.876. The summed E-state index contributed by atoms with van der Waals surface area (Å²) < 4.78 is 40.5. The second-order valence-electron chi connectivity index (χ2n) is 6.39. The normalized spacial score (nSPS) is 20.3. The molecule has 4 nitrogen and oxygen atoms in total. The van der Waals surface area contributed by atoms with E-state index in [0.29, 0.717) is 19.1 Å². The van der Waals surface area contributed by atoms with Gasteiger partial charge in [0.2, 0.25) is 10.0 Å². The summed E-state index contributed by atoms with van der Waals surface area (Å²) in [6.07, 6.45) is 4.28. The molecule has 0 bridgehead atoms. The molecule has 2 fully saturated rings. The van der Waals surface area contributed by atoms with Crippen LogP contribution < -0.4 is 5.32 Å². The van der Waals surface area contributed by atoms with Gasteiger partial charge in [-0.05, 0) is 57.2 Å². The Labute approximate surface area is 143 Å². The number of nitrogens with zero attached hydrogens (tertiary/aromatic N) is 1. The van der Waals surface area contributed by atoms with Crippen molar-refractivity contribution in [1.29, 1.82) is 0 Å². The Balaban J connectivity index is 0.00000192. The van der Waals surface area contributed by atoms with Gasteiger partial charge < -0.3 is 5.32 Å². The number of nitrogens with one attached hydrogen (secondary N) is 1. The van der Waals surface area contributed by atoms with Crippen molar-refractivity contribution >= 4 is 22.4 Å². The Bertz CT molecular complexity index is 641. The number of hydrogen-bond donors (Lipinski definition) is 1. The third-order valence-electron chi connectivity index (χ3n) is 4.68. The van der Waals surface area contributed by atoms with Crippen LogP contribution in [0.4, 0.5) is 4.39 Å². The van der Waals surface area contributed by atoms with Crippen molar-refractivity contribution in [3.05, 3.63) is 29.6 Å². The maximum atomic E-state index is 13.6. The van der Waals surface area contributed by atoms with Gasteiger partial charge in [0.05, 0.1) is 4.90 Å². The summed E-state index contributed by atoms with van der Waals surface area (Å²) in [5.41, 5.74) is 0.205. The first-order valence-corrected chi connectivity index (χ1v) is 9.41. The number of benzene rings is 1. The zero-order valence-electron chi connectivity index (χ0n) is 13.3. The molecule has 23 heavy (non-hydrogen) atoms. The molecule has 7 heteroatoms. The lowest BCUT2D eigenvalue weighted by Crippen LogP contribution is -2.45. The number of rotatable bonds is 5. The van der Waals surface area contributed by atoms with Gasteiger partial charge in [0.25, 0.3) is 0 Å². The first-order valence-electron chi connectivity index (χ1n) is 7.97. The first-order chi connectivity index (χ1) is 10.5. The van der Waals surface area contributed by atoms with E-state index < -0.39 is 15.8 Å². The van der Waals surface area contributed by atoms with Crippen LogP contribution in [0.2, 0.25) is 0 Å². The van der Waals surface area contributed by atoms with Gasteiger partial charge in [-0.3, -0.25) is 0 Å². The molecule has 0 spiro atoms. The van der Waals surface area contributed by atoms with E-state index in [9.17, 15) is 12.8 Å². The van der Waals surface area contributed by atoms with E-state index in [0.717, 1.165) is 25.3 Å². The molecule has 1 saturated heterocycles. The zero-order chi connectivity index (χ0) is 15.7. The number of piperidine rings is 1. The standard InChI is InChI=1S/C16H23FN2O2S.ClH/c1-12-15(17)3-2-4-16(12)22(20,21)19-9-7-14(8-10-19)18-11-13-5-6-13;/h2-4,13-14,18H,5-11H2,1H3;1H. The molecular weight excluding hydrogens is 339 g/mol. The second kappa shape index (κ2) is 7.47. The Morgan fingerprint density at radius 1 is 1.22 bits per heavy atom. The fourth-order valence-electron chi connectivity index (χ4n) is 2.96. The molecule has 1 aromatic carbocycles. The van der Waals surface area contributed by atoms with E-state index in [2.05, 4.69) is 5.32 Å². The van der Waals surface area contributed by atoms with Crippen LogP contribution in [0.15, 0.2) is 23.1 Å². The second-order valence-corrected chi connectivity index (χ2v) is 8.30. The number of hydrogen-bond acceptors (Lipinski definition) is 3. The van der Waals surface area contributed by atoms with Crippen LogP contribution in [0, 0.1) is 18.7 Å². The van der Waals surface area contributed by atoms with E-state index in [1.54, 1.807) is 0 Å². The van der Waals surface area contributed by atoms with Crippen LogP contribution in [0.25, 0.3) is 0 Å². The van der Waals surface area contributed by atoms with Crippen LogP contribution in [-0.4, -0.2) is 38.4 Å². The lowest BCUT2D eigenvalue weighted by Gasteiger charge is -2.32. The van der Waals surface area contributed by atoms with Crippen LogP contribution in [0.5, 0.6) is 0 Å². The molecule has 1 heterocycles. The third kappa shape index (κ3) is 4.24. The highest BCUT2D eigenvalue weighted by Gasteiger charge is 2.31. The molecule has 3 rings (SSSR count).